The first-order valence-electron chi connectivity index (χ1n) is 5.43. The lowest BCUT2D eigenvalue weighted by Crippen LogP contribution is -2.30. The minimum absolute atomic E-state index is 0.0887. The summed E-state index contributed by atoms with van der Waals surface area (Å²) in [4.78, 5) is 11.7. The van der Waals surface area contributed by atoms with Gasteiger partial charge in [0, 0.05) is 12.1 Å². The number of amides is 1. The fraction of sp³-hybridized carbons (Fsp3) is 0.417. The lowest BCUT2D eigenvalue weighted by atomic mass is 10.2. The van der Waals surface area contributed by atoms with Gasteiger partial charge in [-0.1, -0.05) is 18.2 Å². The van der Waals surface area contributed by atoms with Crippen LogP contribution in [0.3, 0.4) is 0 Å². The molecule has 1 heterocycles. The van der Waals surface area contributed by atoms with Crippen LogP contribution in [0.5, 0.6) is 5.75 Å². The summed E-state index contributed by atoms with van der Waals surface area (Å²) >= 11 is 1.72. The van der Waals surface area contributed by atoms with E-state index in [-0.39, 0.29) is 16.9 Å². The summed E-state index contributed by atoms with van der Waals surface area (Å²) in [6, 6.07) is 7.07. The van der Waals surface area contributed by atoms with Gasteiger partial charge in [0.15, 0.2) is 0 Å². The van der Waals surface area contributed by atoms with Crippen molar-refractivity contribution in [1.29, 1.82) is 0 Å². The number of thioether (sulfide) groups is 1. The van der Waals surface area contributed by atoms with Gasteiger partial charge in [-0.15, -0.1) is 11.8 Å². The number of phenolic OH excluding ortho intramolecular Hbond substituents is 1. The molecular weight excluding hydrogens is 222 g/mol. The quantitative estimate of drug-likeness (QED) is 0.844. The van der Waals surface area contributed by atoms with E-state index in [1.807, 2.05) is 12.1 Å². The Morgan fingerprint density at radius 1 is 1.50 bits per heavy atom. The van der Waals surface area contributed by atoms with Crippen molar-refractivity contribution in [1.82, 2.24) is 5.32 Å². The molecule has 1 unspecified atom stereocenters. The predicted octanol–water partition coefficient (Wildman–Crippen LogP) is 1.90. The first kappa shape index (κ1) is 11.3. The zero-order chi connectivity index (χ0) is 11.4. The summed E-state index contributed by atoms with van der Waals surface area (Å²) in [5, 5.41) is 12.5. The summed E-state index contributed by atoms with van der Waals surface area (Å²) in [5.74, 6) is 1.40. The van der Waals surface area contributed by atoms with Gasteiger partial charge in [0.25, 0.3) is 0 Å². The van der Waals surface area contributed by atoms with E-state index < -0.39 is 0 Å². The summed E-state index contributed by atoms with van der Waals surface area (Å²) in [7, 11) is 0. The third-order valence-corrected chi connectivity index (χ3v) is 4.04. The fourth-order valence-corrected chi connectivity index (χ4v) is 2.93. The maximum Gasteiger partial charge on any atom is 0.233 e. The van der Waals surface area contributed by atoms with E-state index in [1.54, 1.807) is 23.9 Å². The van der Waals surface area contributed by atoms with Crippen molar-refractivity contribution >= 4 is 17.7 Å². The number of rotatable bonds is 3. The molecule has 1 aliphatic rings. The molecule has 0 bridgehead atoms. The predicted molar refractivity (Wildman–Crippen MR) is 65.4 cm³/mol. The van der Waals surface area contributed by atoms with Gasteiger partial charge in [-0.3, -0.25) is 4.79 Å². The highest BCUT2D eigenvalue weighted by atomic mass is 32.2. The Morgan fingerprint density at radius 2 is 2.31 bits per heavy atom. The van der Waals surface area contributed by atoms with Crippen LogP contribution < -0.4 is 5.32 Å². The van der Waals surface area contributed by atoms with Crippen LogP contribution >= 0.6 is 11.8 Å². The maximum atomic E-state index is 11.7. The minimum Gasteiger partial charge on any atom is -0.508 e. The molecule has 1 aliphatic heterocycles. The summed E-state index contributed by atoms with van der Waals surface area (Å²) in [6.45, 7) is 0.405. The third kappa shape index (κ3) is 2.70. The van der Waals surface area contributed by atoms with Gasteiger partial charge < -0.3 is 10.4 Å². The second-order valence-corrected chi connectivity index (χ2v) is 5.16. The van der Waals surface area contributed by atoms with Crippen LogP contribution in [0.2, 0.25) is 0 Å². The topological polar surface area (TPSA) is 49.3 Å². The van der Waals surface area contributed by atoms with Gasteiger partial charge in [-0.05, 0) is 24.7 Å². The van der Waals surface area contributed by atoms with Crippen molar-refractivity contribution < 1.29 is 9.90 Å². The maximum absolute atomic E-state index is 11.7. The van der Waals surface area contributed by atoms with Crippen LogP contribution in [0.4, 0.5) is 0 Å². The molecule has 1 aromatic carbocycles. The van der Waals surface area contributed by atoms with Crippen molar-refractivity contribution in [3.63, 3.8) is 0 Å². The molecule has 0 aliphatic carbocycles. The highest BCUT2D eigenvalue weighted by Crippen LogP contribution is 2.26. The fourth-order valence-electron chi connectivity index (χ4n) is 1.74. The summed E-state index contributed by atoms with van der Waals surface area (Å²) < 4.78 is 0. The summed E-state index contributed by atoms with van der Waals surface area (Å²) in [6.07, 6.45) is 2.09. The Kier molecular flexibility index (Phi) is 3.72. The molecule has 4 heteroatoms. The van der Waals surface area contributed by atoms with Crippen LogP contribution in [0.1, 0.15) is 18.4 Å². The Labute approximate surface area is 99.2 Å². The van der Waals surface area contributed by atoms with Gasteiger partial charge in [-0.2, -0.15) is 0 Å². The molecule has 2 N–H and O–H groups in total. The SMILES string of the molecule is O=C(NCc1ccccc1O)C1CCCS1. The van der Waals surface area contributed by atoms with E-state index >= 15 is 0 Å². The highest BCUT2D eigenvalue weighted by molar-refractivity contribution is 8.00. The zero-order valence-corrected chi connectivity index (χ0v) is 9.80. The number of hydrogen-bond acceptors (Lipinski definition) is 3. The molecule has 1 amide bonds. The van der Waals surface area contributed by atoms with Crippen LogP contribution in [-0.2, 0) is 11.3 Å². The standard InChI is InChI=1S/C12H15NO2S/c14-10-5-2-1-4-9(10)8-13-12(15)11-6-3-7-16-11/h1-2,4-5,11,14H,3,6-8H2,(H,13,15). The summed E-state index contributed by atoms with van der Waals surface area (Å²) in [5.41, 5.74) is 0.763. The molecule has 2 rings (SSSR count). The number of aromatic hydroxyl groups is 1. The van der Waals surface area contributed by atoms with Crippen molar-refractivity contribution in [3.05, 3.63) is 29.8 Å². The lowest BCUT2D eigenvalue weighted by molar-refractivity contribution is -0.120. The van der Waals surface area contributed by atoms with Crippen molar-refractivity contribution in [2.24, 2.45) is 0 Å². The Hall–Kier alpha value is -1.16. The minimum atomic E-state index is 0.0887. The molecule has 1 saturated heterocycles. The molecule has 16 heavy (non-hydrogen) atoms. The van der Waals surface area contributed by atoms with Crippen LogP contribution in [-0.4, -0.2) is 22.0 Å². The molecule has 0 spiro atoms. The Morgan fingerprint density at radius 3 is 3.00 bits per heavy atom. The number of nitrogens with one attached hydrogen (secondary N) is 1. The monoisotopic (exact) mass is 237 g/mol. The van der Waals surface area contributed by atoms with Crippen molar-refractivity contribution in [2.45, 2.75) is 24.6 Å². The zero-order valence-electron chi connectivity index (χ0n) is 8.98. The Balaban J connectivity index is 1.87. The van der Waals surface area contributed by atoms with Crippen LogP contribution in [0.25, 0.3) is 0 Å². The second kappa shape index (κ2) is 5.25. The normalized spacial score (nSPS) is 19.6. The van der Waals surface area contributed by atoms with E-state index in [0.717, 1.165) is 24.2 Å². The smallest absolute Gasteiger partial charge is 0.233 e. The van der Waals surface area contributed by atoms with E-state index in [4.69, 9.17) is 0 Å². The number of para-hydroxylation sites is 1. The van der Waals surface area contributed by atoms with Crippen LogP contribution in [0, 0.1) is 0 Å². The number of benzene rings is 1. The van der Waals surface area contributed by atoms with E-state index in [2.05, 4.69) is 5.32 Å². The number of carbonyl (C=O) groups excluding carboxylic acids is 1. The molecule has 0 aromatic heterocycles. The average Bonchev–Trinajstić information content (AvgIpc) is 2.81. The molecule has 1 aromatic rings. The van der Waals surface area contributed by atoms with Crippen molar-refractivity contribution in [2.75, 3.05) is 5.75 Å². The molecule has 0 radical (unpaired) electrons. The molecular formula is C12H15NO2S. The average molecular weight is 237 g/mol. The van der Waals surface area contributed by atoms with E-state index in [9.17, 15) is 9.90 Å². The Bertz CT molecular complexity index is 375. The second-order valence-electron chi connectivity index (χ2n) is 3.85. The number of phenols is 1. The van der Waals surface area contributed by atoms with Gasteiger partial charge >= 0.3 is 0 Å². The highest BCUT2D eigenvalue weighted by Gasteiger charge is 2.22. The molecule has 86 valence electrons. The van der Waals surface area contributed by atoms with E-state index in [1.165, 1.54) is 0 Å². The molecule has 0 saturated carbocycles. The van der Waals surface area contributed by atoms with Gasteiger partial charge in [0.05, 0.1) is 5.25 Å². The van der Waals surface area contributed by atoms with E-state index in [0.29, 0.717) is 6.54 Å². The van der Waals surface area contributed by atoms with Crippen LogP contribution in [0.15, 0.2) is 24.3 Å². The lowest BCUT2D eigenvalue weighted by Gasteiger charge is -2.10. The largest absolute Gasteiger partial charge is 0.508 e. The third-order valence-electron chi connectivity index (χ3n) is 2.67. The molecule has 1 atom stereocenters. The molecule has 3 nitrogen and oxygen atoms in total. The first-order chi connectivity index (χ1) is 7.77. The first-order valence-corrected chi connectivity index (χ1v) is 6.48. The van der Waals surface area contributed by atoms with Gasteiger partial charge in [0.1, 0.15) is 5.75 Å². The van der Waals surface area contributed by atoms with Gasteiger partial charge in [-0.25, -0.2) is 0 Å². The molecule has 1 fully saturated rings. The van der Waals surface area contributed by atoms with Crippen molar-refractivity contribution in [3.8, 4) is 5.75 Å². The number of hydrogen-bond donors (Lipinski definition) is 2. The van der Waals surface area contributed by atoms with Gasteiger partial charge in [0.2, 0.25) is 5.91 Å². The number of carbonyl (C=O) groups is 1.